The molecule has 0 saturated heterocycles. The number of nitrogens with one attached hydrogen (secondary N) is 1. The van der Waals surface area contributed by atoms with Crippen LogP contribution in [0.4, 0.5) is 0 Å². The number of carbonyl (C=O) groups is 2. The number of aliphatic carboxylic acids is 1. The van der Waals surface area contributed by atoms with Crippen molar-refractivity contribution in [1.29, 1.82) is 0 Å². The summed E-state index contributed by atoms with van der Waals surface area (Å²) in [7, 11) is 0. The lowest BCUT2D eigenvalue weighted by Crippen LogP contribution is -2.56. The first-order valence-electron chi connectivity index (χ1n) is 8.81. The van der Waals surface area contributed by atoms with Crippen molar-refractivity contribution in [1.82, 2.24) is 5.32 Å². The van der Waals surface area contributed by atoms with Crippen LogP contribution in [0.1, 0.15) is 50.2 Å². The molecule has 0 atom stereocenters. The zero-order valence-corrected chi connectivity index (χ0v) is 14.1. The summed E-state index contributed by atoms with van der Waals surface area (Å²) in [6.45, 7) is 2.82. The highest BCUT2D eigenvalue weighted by Crippen LogP contribution is 2.34. The van der Waals surface area contributed by atoms with Crippen LogP contribution >= 0.6 is 0 Å². The topological polar surface area (TPSA) is 75.6 Å². The molecule has 1 aromatic carbocycles. The Morgan fingerprint density at radius 3 is 2.75 bits per heavy atom. The minimum absolute atomic E-state index is 0.208. The lowest BCUT2D eigenvalue weighted by Gasteiger charge is -2.37. The van der Waals surface area contributed by atoms with Crippen LogP contribution < -0.4 is 10.1 Å². The Morgan fingerprint density at radius 2 is 2.08 bits per heavy atom. The van der Waals surface area contributed by atoms with Crippen molar-refractivity contribution in [2.45, 2.75) is 57.4 Å². The molecule has 1 amide bonds. The number of carboxylic acids is 1. The summed E-state index contributed by atoms with van der Waals surface area (Å²) in [6, 6.07) is 5.76. The fourth-order valence-corrected chi connectivity index (χ4v) is 3.82. The van der Waals surface area contributed by atoms with E-state index in [2.05, 4.69) is 12.2 Å². The van der Waals surface area contributed by atoms with Crippen molar-refractivity contribution in [3.63, 3.8) is 0 Å². The van der Waals surface area contributed by atoms with Crippen LogP contribution in [0.25, 0.3) is 0 Å². The third-order valence-corrected chi connectivity index (χ3v) is 5.44. The molecule has 2 aliphatic rings. The maximum atomic E-state index is 12.4. The molecule has 5 nitrogen and oxygen atoms in total. The number of ether oxygens (including phenoxy) is 1. The van der Waals surface area contributed by atoms with Crippen LogP contribution in [0.2, 0.25) is 0 Å². The zero-order chi connectivity index (χ0) is 17.2. The minimum Gasteiger partial charge on any atom is -0.493 e. The van der Waals surface area contributed by atoms with Gasteiger partial charge in [-0.05, 0) is 48.8 Å². The molecule has 1 aromatic rings. The third kappa shape index (κ3) is 3.40. The van der Waals surface area contributed by atoms with E-state index in [0.29, 0.717) is 25.4 Å². The quantitative estimate of drug-likeness (QED) is 0.870. The van der Waals surface area contributed by atoms with E-state index in [1.165, 1.54) is 0 Å². The highest BCUT2D eigenvalue weighted by molar-refractivity contribution is 5.88. The molecule has 1 aliphatic carbocycles. The van der Waals surface area contributed by atoms with E-state index in [0.717, 1.165) is 42.6 Å². The van der Waals surface area contributed by atoms with Gasteiger partial charge < -0.3 is 15.2 Å². The number of carboxylic acid groups (broad SMARTS) is 1. The number of hydrogen-bond acceptors (Lipinski definition) is 3. The molecule has 2 N–H and O–H groups in total. The molecule has 0 radical (unpaired) electrons. The molecule has 0 spiro atoms. The molecule has 5 heteroatoms. The molecule has 0 unspecified atom stereocenters. The summed E-state index contributed by atoms with van der Waals surface area (Å²) in [5.74, 6) is 0.337. The van der Waals surface area contributed by atoms with E-state index in [-0.39, 0.29) is 12.3 Å². The van der Waals surface area contributed by atoms with Crippen LogP contribution in [-0.2, 0) is 22.4 Å². The molecule has 1 heterocycles. The average Bonchev–Trinajstić information content (AvgIpc) is 3.03. The molecule has 0 bridgehead atoms. The number of fused-ring (bicyclic) bond motifs is 1. The second kappa shape index (κ2) is 6.83. The lowest BCUT2D eigenvalue weighted by molar-refractivity contribution is -0.149. The Bertz CT molecular complexity index is 632. The monoisotopic (exact) mass is 331 g/mol. The number of carbonyl (C=O) groups excluding carboxylic acids is 1. The van der Waals surface area contributed by atoms with E-state index in [1.807, 2.05) is 18.2 Å². The molecule has 24 heavy (non-hydrogen) atoms. The maximum Gasteiger partial charge on any atom is 0.329 e. The van der Waals surface area contributed by atoms with E-state index in [9.17, 15) is 14.7 Å². The fourth-order valence-electron chi connectivity index (χ4n) is 3.82. The van der Waals surface area contributed by atoms with Crippen molar-refractivity contribution >= 4 is 11.9 Å². The van der Waals surface area contributed by atoms with Gasteiger partial charge >= 0.3 is 5.97 Å². The van der Waals surface area contributed by atoms with Gasteiger partial charge in [-0.25, -0.2) is 4.79 Å². The van der Waals surface area contributed by atoms with Gasteiger partial charge in [-0.1, -0.05) is 25.5 Å². The molecular formula is C19H25NO4. The van der Waals surface area contributed by atoms with E-state index >= 15 is 0 Å². The highest BCUT2D eigenvalue weighted by atomic mass is 16.5. The minimum atomic E-state index is -1.09. The van der Waals surface area contributed by atoms with E-state index in [4.69, 9.17) is 4.74 Å². The summed E-state index contributed by atoms with van der Waals surface area (Å²) in [5.41, 5.74) is 0.930. The van der Waals surface area contributed by atoms with Gasteiger partial charge in [-0.3, -0.25) is 4.79 Å². The van der Waals surface area contributed by atoms with Gasteiger partial charge in [0.05, 0.1) is 13.0 Å². The SMILES string of the molecule is CCC1CCC(NC(=O)Cc2ccc3c(c2)CCO3)(C(=O)O)CC1. The smallest absolute Gasteiger partial charge is 0.329 e. The standard InChI is InChI=1S/C19H25NO4/c1-2-13-5-8-19(9-6-13,18(22)23)20-17(21)12-14-3-4-16-15(11-14)7-10-24-16/h3-4,11,13H,2,5-10,12H2,1H3,(H,20,21)(H,22,23). The van der Waals surface area contributed by atoms with Crippen LogP contribution in [0.3, 0.4) is 0 Å². The predicted molar refractivity (Wildman–Crippen MR) is 90.1 cm³/mol. The Morgan fingerprint density at radius 1 is 1.33 bits per heavy atom. The fraction of sp³-hybridized carbons (Fsp3) is 0.579. The van der Waals surface area contributed by atoms with Gasteiger partial charge in [-0.15, -0.1) is 0 Å². The number of hydrogen-bond donors (Lipinski definition) is 2. The van der Waals surface area contributed by atoms with Crippen molar-refractivity contribution < 1.29 is 19.4 Å². The molecule has 1 aliphatic heterocycles. The van der Waals surface area contributed by atoms with Gasteiger partial charge in [0.2, 0.25) is 5.91 Å². The molecule has 3 rings (SSSR count). The summed E-state index contributed by atoms with van der Waals surface area (Å²) >= 11 is 0. The normalized spacial score (nSPS) is 25.6. The van der Waals surface area contributed by atoms with Crippen LogP contribution in [0.5, 0.6) is 5.75 Å². The molecule has 0 aromatic heterocycles. The second-order valence-corrected chi connectivity index (χ2v) is 7.00. The lowest BCUT2D eigenvalue weighted by atomic mass is 9.75. The first-order chi connectivity index (χ1) is 11.5. The first kappa shape index (κ1) is 16.8. The van der Waals surface area contributed by atoms with Crippen LogP contribution in [0, 0.1) is 5.92 Å². The highest BCUT2D eigenvalue weighted by Gasteiger charge is 2.42. The number of benzene rings is 1. The number of rotatable bonds is 5. The van der Waals surface area contributed by atoms with E-state index in [1.54, 1.807) is 0 Å². The van der Waals surface area contributed by atoms with Crippen molar-refractivity contribution in [2.24, 2.45) is 5.92 Å². The summed E-state index contributed by atoms with van der Waals surface area (Å²) in [4.78, 5) is 24.2. The summed E-state index contributed by atoms with van der Waals surface area (Å²) in [5, 5.41) is 12.5. The molecule has 1 fully saturated rings. The molecule has 1 saturated carbocycles. The average molecular weight is 331 g/mol. The van der Waals surface area contributed by atoms with Crippen LogP contribution in [-0.4, -0.2) is 29.1 Å². The molecular weight excluding hydrogens is 306 g/mol. The Balaban J connectivity index is 1.65. The third-order valence-electron chi connectivity index (χ3n) is 5.44. The van der Waals surface area contributed by atoms with Crippen molar-refractivity contribution in [2.75, 3.05) is 6.61 Å². The van der Waals surface area contributed by atoms with Gasteiger partial charge in [0.1, 0.15) is 11.3 Å². The van der Waals surface area contributed by atoms with Gasteiger partial charge in [0.15, 0.2) is 0 Å². The number of amides is 1. The Hall–Kier alpha value is -2.04. The Labute approximate surface area is 142 Å². The second-order valence-electron chi connectivity index (χ2n) is 7.00. The van der Waals surface area contributed by atoms with Gasteiger partial charge in [-0.2, -0.15) is 0 Å². The van der Waals surface area contributed by atoms with Crippen LogP contribution in [0.15, 0.2) is 18.2 Å². The largest absolute Gasteiger partial charge is 0.493 e. The van der Waals surface area contributed by atoms with Gasteiger partial charge in [0.25, 0.3) is 0 Å². The van der Waals surface area contributed by atoms with E-state index < -0.39 is 11.5 Å². The van der Waals surface area contributed by atoms with Gasteiger partial charge in [0, 0.05) is 6.42 Å². The predicted octanol–water partition coefficient (Wildman–Crippen LogP) is 2.70. The molecule has 130 valence electrons. The van der Waals surface area contributed by atoms with Crippen molar-refractivity contribution in [3.8, 4) is 5.75 Å². The first-order valence-corrected chi connectivity index (χ1v) is 8.81. The summed E-state index contributed by atoms with van der Waals surface area (Å²) < 4.78 is 5.47. The zero-order valence-electron chi connectivity index (χ0n) is 14.1. The maximum absolute atomic E-state index is 12.4. The Kier molecular flexibility index (Phi) is 4.78. The van der Waals surface area contributed by atoms with Crippen molar-refractivity contribution in [3.05, 3.63) is 29.3 Å². The summed E-state index contributed by atoms with van der Waals surface area (Å²) in [6.07, 6.45) is 4.90.